The summed E-state index contributed by atoms with van der Waals surface area (Å²) in [6, 6.07) is 14.6. The zero-order chi connectivity index (χ0) is 28.9. The van der Waals surface area contributed by atoms with E-state index in [1.807, 2.05) is 79.4 Å². The molecule has 5 atom stereocenters. The minimum atomic E-state index is -0.942. The number of anilines is 1. The number of likely N-dealkylation sites (tertiary alicyclic amines) is 1. The number of thioether (sulfide) groups is 1. The molecule has 7 nitrogen and oxygen atoms in total. The molecule has 0 radical (unpaired) electrons. The van der Waals surface area contributed by atoms with Crippen molar-refractivity contribution in [3.05, 3.63) is 89.0 Å². The lowest BCUT2D eigenvalue weighted by Gasteiger charge is -2.37. The first kappa shape index (κ1) is 28.1. The first-order chi connectivity index (χ1) is 19.7. The Morgan fingerprint density at radius 1 is 0.951 bits per heavy atom. The van der Waals surface area contributed by atoms with Crippen molar-refractivity contribution in [3.63, 3.8) is 0 Å². The largest absolute Gasteiger partial charge is 0.396 e. The number of amides is 3. The SMILES string of the molecule is Cc1cccc(Cl)c1N1CC=C[C@]23S[C@@]4(C)C=CCN(Cc5ccccc5)C(=O)[C@H]4[C@H]2C(=O)N(CCCO)C3C1=O. The van der Waals surface area contributed by atoms with Gasteiger partial charge < -0.3 is 19.8 Å². The molecular weight excluding hydrogens is 558 g/mol. The van der Waals surface area contributed by atoms with Gasteiger partial charge in [0.1, 0.15) is 6.04 Å². The van der Waals surface area contributed by atoms with Gasteiger partial charge in [-0.1, -0.05) is 78.4 Å². The molecule has 0 aromatic heterocycles. The lowest BCUT2D eigenvalue weighted by molar-refractivity contribution is -0.144. The number of aryl methyl sites for hydroxylation is 1. The topological polar surface area (TPSA) is 81.2 Å². The molecule has 41 heavy (non-hydrogen) atoms. The first-order valence-corrected chi connectivity index (χ1v) is 15.3. The second-order valence-electron chi connectivity index (χ2n) is 11.5. The smallest absolute Gasteiger partial charge is 0.251 e. The number of benzene rings is 2. The van der Waals surface area contributed by atoms with Gasteiger partial charge in [-0.2, -0.15) is 0 Å². The lowest BCUT2D eigenvalue weighted by Crippen LogP contribution is -2.53. The number of hydrogen-bond acceptors (Lipinski definition) is 5. The third-order valence-electron chi connectivity index (χ3n) is 8.87. The van der Waals surface area contributed by atoms with Crippen LogP contribution in [-0.4, -0.2) is 74.4 Å². The van der Waals surface area contributed by atoms with Crippen LogP contribution in [0.2, 0.25) is 5.02 Å². The predicted octanol–water partition coefficient (Wildman–Crippen LogP) is 4.22. The minimum absolute atomic E-state index is 0.0734. The van der Waals surface area contributed by atoms with Crippen LogP contribution >= 0.6 is 23.4 Å². The van der Waals surface area contributed by atoms with Gasteiger partial charge in [0, 0.05) is 37.5 Å². The van der Waals surface area contributed by atoms with Crippen molar-refractivity contribution in [3.8, 4) is 0 Å². The number of para-hydroxylation sites is 1. The van der Waals surface area contributed by atoms with E-state index in [4.69, 9.17) is 11.6 Å². The Bertz CT molecular complexity index is 1430. The molecule has 1 spiro atoms. The number of aliphatic hydroxyl groups excluding tert-OH is 1. The van der Waals surface area contributed by atoms with Gasteiger partial charge in [-0.25, -0.2) is 0 Å². The van der Waals surface area contributed by atoms with E-state index in [0.717, 1.165) is 11.1 Å². The van der Waals surface area contributed by atoms with E-state index in [2.05, 4.69) is 6.08 Å². The summed E-state index contributed by atoms with van der Waals surface area (Å²) in [5.74, 6) is -1.86. The van der Waals surface area contributed by atoms with E-state index in [9.17, 15) is 19.5 Å². The quantitative estimate of drug-likeness (QED) is 0.509. The molecule has 3 amide bonds. The highest BCUT2D eigenvalue weighted by Crippen LogP contribution is 2.65. The molecule has 214 valence electrons. The number of aliphatic hydroxyl groups is 1. The van der Waals surface area contributed by atoms with Crippen molar-refractivity contribution in [2.75, 3.05) is 31.1 Å². The summed E-state index contributed by atoms with van der Waals surface area (Å²) in [6.07, 6.45) is 8.40. The number of rotatable bonds is 6. The maximum absolute atomic E-state index is 14.6. The van der Waals surface area contributed by atoms with Gasteiger partial charge in [-0.05, 0) is 37.5 Å². The summed E-state index contributed by atoms with van der Waals surface area (Å²) >= 11 is 8.19. The summed E-state index contributed by atoms with van der Waals surface area (Å²) in [5.41, 5.74) is 2.52. The number of nitrogens with zero attached hydrogens (tertiary/aromatic N) is 3. The second kappa shape index (κ2) is 10.6. The van der Waals surface area contributed by atoms with Crippen LogP contribution in [0.1, 0.15) is 24.5 Å². The standard InChI is InChI=1S/C32H34ClN3O4S/c1-21-10-6-13-23(33)26(21)35-17-8-15-32-25(29(39)36(18-9-19-37)27(32)30(35)40)24-28(38)34(16-7-14-31(24,2)41-32)20-22-11-4-3-5-12-22/h3-8,10-15,24-25,27,37H,9,16-20H2,1-2H3/t24-,25+,27?,31+,32+/m1/s1. The predicted molar refractivity (Wildman–Crippen MR) is 162 cm³/mol. The monoisotopic (exact) mass is 591 g/mol. The number of halogens is 1. The Hall–Kier alpha value is -3.07. The van der Waals surface area contributed by atoms with Crippen molar-refractivity contribution < 1.29 is 19.5 Å². The fourth-order valence-electron chi connectivity index (χ4n) is 7.16. The second-order valence-corrected chi connectivity index (χ2v) is 13.7. The van der Waals surface area contributed by atoms with Gasteiger partial charge in [0.05, 0.1) is 27.3 Å². The summed E-state index contributed by atoms with van der Waals surface area (Å²) in [6.45, 7) is 5.28. The molecule has 4 aliphatic heterocycles. The molecule has 2 aromatic rings. The molecule has 1 unspecified atom stereocenters. The van der Waals surface area contributed by atoms with Gasteiger partial charge in [0.15, 0.2) is 0 Å². The normalized spacial score (nSPS) is 30.8. The maximum Gasteiger partial charge on any atom is 0.251 e. The Balaban J connectivity index is 1.44. The molecule has 4 heterocycles. The van der Waals surface area contributed by atoms with E-state index >= 15 is 0 Å². The minimum Gasteiger partial charge on any atom is -0.396 e. The molecule has 9 heteroatoms. The summed E-state index contributed by atoms with van der Waals surface area (Å²) in [5, 5.41) is 10.1. The van der Waals surface area contributed by atoms with Gasteiger partial charge in [-0.15, -0.1) is 11.8 Å². The molecule has 0 bridgehead atoms. The van der Waals surface area contributed by atoms with Crippen LogP contribution < -0.4 is 4.90 Å². The summed E-state index contributed by atoms with van der Waals surface area (Å²) in [4.78, 5) is 48.5. The zero-order valence-electron chi connectivity index (χ0n) is 23.2. The highest BCUT2D eigenvalue weighted by molar-refractivity contribution is 8.02. The average molecular weight is 592 g/mol. The van der Waals surface area contributed by atoms with E-state index in [1.165, 1.54) is 0 Å². The Labute approximate surface area is 249 Å². The van der Waals surface area contributed by atoms with Crippen LogP contribution in [-0.2, 0) is 20.9 Å². The van der Waals surface area contributed by atoms with Gasteiger partial charge in [0.2, 0.25) is 11.8 Å². The van der Waals surface area contributed by atoms with Crippen LogP contribution in [0.15, 0.2) is 72.8 Å². The van der Waals surface area contributed by atoms with Crippen LogP contribution in [0.4, 0.5) is 5.69 Å². The molecule has 2 saturated heterocycles. The van der Waals surface area contributed by atoms with Crippen molar-refractivity contribution in [2.24, 2.45) is 11.8 Å². The van der Waals surface area contributed by atoms with E-state index in [0.29, 0.717) is 36.8 Å². The summed E-state index contributed by atoms with van der Waals surface area (Å²) < 4.78 is -1.62. The van der Waals surface area contributed by atoms with E-state index < -0.39 is 27.4 Å². The van der Waals surface area contributed by atoms with Crippen molar-refractivity contribution in [2.45, 2.75) is 42.3 Å². The number of carbonyl (C=O) groups is 3. The molecule has 0 saturated carbocycles. The molecule has 6 rings (SSSR count). The summed E-state index contributed by atoms with van der Waals surface area (Å²) in [7, 11) is 0. The van der Waals surface area contributed by atoms with Gasteiger partial charge >= 0.3 is 0 Å². The van der Waals surface area contributed by atoms with E-state index in [-0.39, 0.29) is 30.9 Å². The number of hydrogen-bond donors (Lipinski definition) is 1. The number of fused-ring (bicyclic) bond motifs is 2. The van der Waals surface area contributed by atoms with Crippen LogP contribution in [0.5, 0.6) is 0 Å². The highest BCUT2D eigenvalue weighted by atomic mass is 35.5. The molecule has 1 N–H and O–H groups in total. The van der Waals surface area contributed by atoms with Crippen molar-refractivity contribution >= 4 is 46.8 Å². The fourth-order valence-corrected chi connectivity index (χ4v) is 9.65. The molecule has 2 fully saturated rings. The maximum atomic E-state index is 14.6. The molecule has 4 aliphatic rings. The Morgan fingerprint density at radius 2 is 1.71 bits per heavy atom. The van der Waals surface area contributed by atoms with Crippen LogP contribution in [0, 0.1) is 18.8 Å². The molecule has 0 aliphatic carbocycles. The van der Waals surface area contributed by atoms with Crippen molar-refractivity contribution in [1.82, 2.24) is 9.80 Å². The van der Waals surface area contributed by atoms with E-state index in [1.54, 1.807) is 27.6 Å². The number of carbonyl (C=O) groups excluding carboxylic acids is 3. The Kier molecular flexibility index (Phi) is 7.29. The third kappa shape index (κ3) is 4.42. The van der Waals surface area contributed by atoms with Gasteiger partial charge in [-0.3, -0.25) is 14.4 Å². The zero-order valence-corrected chi connectivity index (χ0v) is 24.8. The van der Waals surface area contributed by atoms with Gasteiger partial charge in [0.25, 0.3) is 5.91 Å². The Morgan fingerprint density at radius 3 is 2.44 bits per heavy atom. The van der Waals surface area contributed by atoms with Crippen molar-refractivity contribution in [1.29, 1.82) is 0 Å². The first-order valence-electron chi connectivity index (χ1n) is 14.1. The van der Waals surface area contributed by atoms with Crippen LogP contribution in [0.3, 0.4) is 0 Å². The fraction of sp³-hybridized carbons (Fsp3) is 0.406. The third-order valence-corrected chi connectivity index (χ3v) is 11.0. The molecule has 2 aromatic carbocycles. The lowest BCUT2D eigenvalue weighted by atomic mass is 9.74. The molecular formula is C32H34ClN3O4S. The average Bonchev–Trinajstić information content (AvgIpc) is 3.22. The highest BCUT2D eigenvalue weighted by Gasteiger charge is 2.73. The van der Waals surface area contributed by atoms with Crippen LogP contribution in [0.25, 0.3) is 0 Å².